The number of hydrogen-bond donors (Lipinski definition) is 1. The van der Waals surface area contributed by atoms with Crippen molar-refractivity contribution in [2.75, 3.05) is 20.2 Å². The number of aliphatic hydroxyl groups excluding tert-OH is 1. The van der Waals surface area contributed by atoms with Gasteiger partial charge in [-0.05, 0) is 19.0 Å². The van der Waals surface area contributed by atoms with Gasteiger partial charge in [0.2, 0.25) is 0 Å². The summed E-state index contributed by atoms with van der Waals surface area (Å²) in [6.07, 6.45) is 3.16. The lowest BCUT2D eigenvalue weighted by Crippen LogP contribution is -2.43. The number of nitrogens with zero attached hydrogens (tertiary/aromatic N) is 1. The Bertz CT molecular complexity index is 557. The smallest absolute Gasteiger partial charge is 0.316 e. The fourth-order valence-electron chi connectivity index (χ4n) is 2.93. The fraction of sp³-hybridized carbons (Fsp3) is 0.471. The molecule has 5 nitrogen and oxygen atoms in total. The molecule has 1 aromatic carbocycles. The van der Waals surface area contributed by atoms with Gasteiger partial charge in [0.15, 0.2) is 5.76 Å². The fourth-order valence-corrected chi connectivity index (χ4v) is 2.93. The molecule has 0 spiro atoms. The first-order valence-corrected chi connectivity index (χ1v) is 7.62. The third-order valence-electron chi connectivity index (χ3n) is 4.36. The van der Waals surface area contributed by atoms with Crippen LogP contribution < -0.4 is 0 Å². The third kappa shape index (κ3) is 3.31. The van der Waals surface area contributed by atoms with Crippen LogP contribution in [-0.2, 0) is 14.3 Å². The minimum atomic E-state index is -0.615. The van der Waals surface area contributed by atoms with Gasteiger partial charge < -0.3 is 14.6 Å². The molecular formula is C17H21NO4. The summed E-state index contributed by atoms with van der Waals surface area (Å²) in [5, 5.41) is 9.53. The van der Waals surface area contributed by atoms with Gasteiger partial charge in [0.25, 0.3) is 0 Å². The largest absolute Gasteiger partial charge is 0.462 e. The Morgan fingerprint density at radius 1 is 1.45 bits per heavy atom. The van der Waals surface area contributed by atoms with Crippen LogP contribution in [0.4, 0.5) is 0 Å². The van der Waals surface area contributed by atoms with Crippen LogP contribution in [0.15, 0.2) is 42.4 Å². The molecule has 5 heteroatoms. The summed E-state index contributed by atoms with van der Waals surface area (Å²) in [4.78, 5) is 14.6. The van der Waals surface area contributed by atoms with E-state index >= 15 is 0 Å². The molecule has 0 aromatic heterocycles. The average molecular weight is 303 g/mol. The molecule has 3 rings (SSSR count). The van der Waals surface area contributed by atoms with Crippen molar-refractivity contribution in [1.82, 2.24) is 4.90 Å². The van der Waals surface area contributed by atoms with Gasteiger partial charge >= 0.3 is 5.97 Å². The maximum Gasteiger partial charge on any atom is 0.316 e. The van der Waals surface area contributed by atoms with Gasteiger partial charge in [-0.25, -0.2) is 0 Å². The predicted molar refractivity (Wildman–Crippen MR) is 81.0 cm³/mol. The van der Waals surface area contributed by atoms with Crippen molar-refractivity contribution >= 4 is 5.97 Å². The summed E-state index contributed by atoms with van der Waals surface area (Å²) in [6.45, 7) is 0.617. The van der Waals surface area contributed by atoms with E-state index in [-0.39, 0.29) is 24.7 Å². The molecule has 22 heavy (non-hydrogen) atoms. The number of ether oxygens (including phenoxy) is 2. The van der Waals surface area contributed by atoms with E-state index in [0.29, 0.717) is 0 Å². The van der Waals surface area contributed by atoms with Crippen LogP contribution in [0.2, 0.25) is 0 Å². The molecule has 1 aromatic rings. The van der Waals surface area contributed by atoms with Crippen molar-refractivity contribution in [1.29, 1.82) is 0 Å². The summed E-state index contributed by atoms with van der Waals surface area (Å²) in [5.41, 5.74) is 0.785. The van der Waals surface area contributed by atoms with Gasteiger partial charge in [0.1, 0.15) is 18.3 Å². The van der Waals surface area contributed by atoms with Crippen LogP contribution in [-0.4, -0.2) is 48.3 Å². The predicted octanol–water partition coefficient (Wildman–Crippen LogP) is 1.64. The molecule has 0 saturated carbocycles. The lowest BCUT2D eigenvalue weighted by atomic mass is 9.98. The van der Waals surface area contributed by atoms with Gasteiger partial charge in [-0.2, -0.15) is 0 Å². The molecule has 2 aliphatic heterocycles. The first kappa shape index (κ1) is 15.1. The highest BCUT2D eigenvalue weighted by molar-refractivity contribution is 5.78. The third-order valence-corrected chi connectivity index (χ3v) is 4.36. The van der Waals surface area contributed by atoms with Crippen LogP contribution >= 0.6 is 0 Å². The van der Waals surface area contributed by atoms with Crippen LogP contribution in [0, 0.1) is 0 Å². The van der Waals surface area contributed by atoms with Crippen LogP contribution in [0.5, 0.6) is 0 Å². The van der Waals surface area contributed by atoms with Crippen molar-refractivity contribution in [3.05, 3.63) is 47.9 Å². The Morgan fingerprint density at radius 3 is 2.82 bits per heavy atom. The zero-order chi connectivity index (χ0) is 15.5. The molecule has 3 atom stereocenters. The Morgan fingerprint density at radius 2 is 2.18 bits per heavy atom. The number of benzene rings is 1. The molecule has 0 bridgehead atoms. The zero-order valence-corrected chi connectivity index (χ0v) is 12.6. The Kier molecular flexibility index (Phi) is 4.45. The van der Waals surface area contributed by atoms with Crippen LogP contribution in [0.1, 0.15) is 24.3 Å². The van der Waals surface area contributed by atoms with E-state index in [2.05, 4.69) is 4.90 Å². The first-order chi connectivity index (χ1) is 10.7. The van der Waals surface area contributed by atoms with E-state index in [1.54, 1.807) is 6.26 Å². The maximum atomic E-state index is 12.4. The monoisotopic (exact) mass is 303 g/mol. The molecule has 1 fully saturated rings. The van der Waals surface area contributed by atoms with Gasteiger partial charge in [-0.1, -0.05) is 30.3 Å². The number of hydrogen-bond acceptors (Lipinski definition) is 5. The normalized spacial score (nSPS) is 25.8. The number of esters is 1. The number of likely N-dealkylation sites (N-methyl/N-ethyl adjacent to an activating group) is 1. The summed E-state index contributed by atoms with van der Waals surface area (Å²) in [7, 11) is 2.05. The quantitative estimate of drug-likeness (QED) is 0.838. The Labute approximate surface area is 130 Å². The Hall–Kier alpha value is -1.85. The van der Waals surface area contributed by atoms with E-state index in [0.717, 1.165) is 30.7 Å². The minimum absolute atomic E-state index is 0.128. The number of likely N-dealkylation sites (tertiary alicyclic amines) is 1. The van der Waals surface area contributed by atoms with Crippen molar-refractivity contribution < 1.29 is 19.4 Å². The summed E-state index contributed by atoms with van der Waals surface area (Å²) in [6, 6.07) is 9.46. The second-order valence-electron chi connectivity index (χ2n) is 5.86. The van der Waals surface area contributed by atoms with Gasteiger partial charge in [0, 0.05) is 13.0 Å². The molecule has 3 unspecified atom stereocenters. The second-order valence-corrected chi connectivity index (χ2v) is 5.86. The minimum Gasteiger partial charge on any atom is -0.462 e. The summed E-state index contributed by atoms with van der Waals surface area (Å²) in [5.74, 6) is -0.00610. The van der Waals surface area contributed by atoms with E-state index in [1.165, 1.54) is 0 Å². The molecule has 0 amide bonds. The van der Waals surface area contributed by atoms with Crippen molar-refractivity contribution in [3.8, 4) is 0 Å². The zero-order valence-electron chi connectivity index (χ0n) is 12.6. The van der Waals surface area contributed by atoms with E-state index in [9.17, 15) is 9.90 Å². The number of aliphatic hydroxyl groups is 1. The highest BCUT2D eigenvalue weighted by atomic mass is 16.6. The number of piperidine rings is 1. The van der Waals surface area contributed by atoms with E-state index in [4.69, 9.17) is 9.47 Å². The van der Waals surface area contributed by atoms with Crippen molar-refractivity contribution in [3.63, 3.8) is 0 Å². The summed E-state index contributed by atoms with van der Waals surface area (Å²) < 4.78 is 10.8. The lowest BCUT2D eigenvalue weighted by molar-refractivity contribution is -0.154. The second kappa shape index (κ2) is 6.50. The number of carbonyl (C=O) groups excluding carboxylic acids is 1. The molecule has 2 heterocycles. The number of carbonyl (C=O) groups is 1. The van der Waals surface area contributed by atoms with Crippen LogP contribution in [0.3, 0.4) is 0 Å². The molecule has 118 valence electrons. The molecule has 1 saturated heterocycles. The molecule has 0 aliphatic carbocycles. The van der Waals surface area contributed by atoms with Crippen LogP contribution in [0.25, 0.3) is 0 Å². The first-order valence-electron chi connectivity index (χ1n) is 7.62. The van der Waals surface area contributed by atoms with Crippen molar-refractivity contribution in [2.45, 2.75) is 30.9 Å². The van der Waals surface area contributed by atoms with Gasteiger partial charge in [0.05, 0.1) is 12.6 Å². The molecular weight excluding hydrogens is 282 g/mol. The highest BCUT2D eigenvalue weighted by Gasteiger charge is 2.36. The SMILES string of the molecule is CN1CCC(OC(=O)C(CO)c2ccccc2)CC1C1=CO1. The maximum absolute atomic E-state index is 12.4. The molecule has 1 N–H and O–H groups in total. The molecule has 0 radical (unpaired) electrons. The van der Waals surface area contributed by atoms with Gasteiger partial charge in [-0.3, -0.25) is 9.69 Å². The highest BCUT2D eigenvalue weighted by Crippen LogP contribution is 2.31. The van der Waals surface area contributed by atoms with Crippen molar-refractivity contribution in [2.24, 2.45) is 0 Å². The average Bonchev–Trinajstić information content (AvgIpc) is 3.36. The number of rotatable bonds is 5. The van der Waals surface area contributed by atoms with Gasteiger partial charge in [-0.15, -0.1) is 0 Å². The van der Waals surface area contributed by atoms with E-state index < -0.39 is 5.92 Å². The molecule has 2 aliphatic rings. The lowest BCUT2D eigenvalue weighted by Gasteiger charge is -2.35. The topological polar surface area (TPSA) is 62.3 Å². The Balaban J connectivity index is 1.62. The standard InChI is InChI=1S/C17H21NO4/c1-18-8-7-13(9-15(18)16-11-21-16)22-17(20)14(10-19)12-5-3-2-4-6-12/h2-6,11,13-15,19H,7-10H2,1H3. The van der Waals surface area contributed by atoms with E-state index in [1.807, 2.05) is 37.4 Å². The summed E-state index contributed by atoms with van der Waals surface area (Å²) >= 11 is 0.